The number of nitrogens with zero attached hydrogens (tertiary/aromatic N) is 1. The minimum Gasteiger partial charge on any atom is -0.480 e. The topological polar surface area (TPSA) is 22.1 Å². The third-order valence-corrected chi connectivity index (χ3v) is 2.66. The van der Waals surface area contributed by atoms with Gasteiger partial charge in [-0.05, 0) is 28.4 Å². The summed E-state index contributed by atoms with van der Waals surface area (Å²) in [6.07, 6.45) is -3.62. The van der Waals surface area contributed by atoms with Gasteiger partial charge in [0.05, 0.1) is 17.1 Å². The highest BCUT2D eigenvalue weighted by Gasteiger charge is 2.34. The molecule has 0 N–H and O–H groups in total. The first-order valence-corrected chi connectivity index (χ1v) is 4.43. The summed E-state index contributed by atoms with van der Waals surface area (Å²) in [6, 6.07) is 0. The van der Waals surface area contributed by atoms with Crippen LogP contribution in [0.4, 0.5) is 13.2 Å². The molecular weight excluding hydrogens is 263 g/mol. The lowest BCUT2D eigenvalue weighted by Crippen LogP contribution is -2.09. The standard InChI is InChI=1S/C8H7BrF3NO/c1-4-5(8(10,11)12)3-13-7(14-2)6(4)9/h3H,1-2H3. The molecule has 0 unspecified atom stereocenters. The van der Waals surface area contributed by atoms with Gasteiger partial charge in [0.15, 0.2) is 0 Å². The Balaban J connectivity index is 3.31. The maximum atomic E-state index is 12.4. The Morgan fingerprint density at radius 3 is 2.43 bits per heavy atom. The van der Waals surface area contributed by atoms with Crippen LogP contribution in [0.2, 0.25) is 0 Å². The molecule has 0 saturated heterocycles. The van der Waals surface area contributed by atoms with Crippen LogP contribution in [0.1, 0.15) is 11.1 Å². The molecule has 0 spiro atoms. The molecule has 1 heterocycles. The van der Waals surface area contributed by atoms with Crippen LogP contribution < -0.4 is 4.74 Å². The van der Waals surface area contributed by atoms with Gasteiger partial charge in [-0.1, -0.05) is 0 Å². The van der Waals surface area contributed by atoms with E-state index >= 15 is 0 Å². The number of pyridine rings is 1. The van der Waals surface area contributed by atoms with E-state index in [1.165, 1.54) is 14.0 Å². The van der Waals surface area contributed by atoms with Gasteiger partial charge < -0.3 is 4.74 Å². The third kappa shape index (κ3) is 2.00. The monoisotopic (exact) mass is 269 g/mol. The molecule has 6 heteroatoms. The Morgan fingerprint density at radius 2 is 2.00 bits per heavy atom. The summed E-state index contributed by atoms with van der Waals surface area (Å²) in [5.74, 6) is 0.149. The molecule has 0 aromatic carbocycles. The zero-order chi connectivity index (χ0) is 10.9. The summed E-state index contributed by atoms with van der Waals surface area (Å²) in [6.45, 7) is 1.36. The molecule has 0 amide bonds. The zero-order valence-corrected chi connectivity index (χ0v) is 9.03. The van der Waals surface area contributed by atoms with Crippen LogP contribution in [-0.4, -0.2) is 12.1 Å². The van der Waals surface area contributed by atoms with E-state index in [4.69, 9.17) is 4.74 Å². The highest BCUT2D eigenvalue weighted by atomic mass is 79.9. The van der Waals surface area contributed by atoms with Crippen molar-refractivity contribution < 1.29 is 17.9 Å². The van der Waals surface area contributed by atoms with E-state index in [9.17, 15) is 13.2 Å². The second kappa shape index (κ2) is 3.76. The third-order valence-electron chi connectivity index (χ3n) is 1.73. The lowest BCUT2D eigenvalue weighted by atomic mass is 10.1. The second-order valence-electron chi connectivity index (χ2n) is 2.62. The molecule has 0 aliphatic heterocycles. The maximum Gasteiger partial charge on any atom is 0.418 e. The normalized spacial score (nSPS) is 11.6. The minimum absolute atomic E-state index is 0.0735. The van der Waals surface area contributed by atoms with Gasteiger partial charge in [0, 0.05) is 6.20 Å². The predicted octanol–water partition coefficient (Wildman–Crippen LogP) is 3.18. The van der Waals surface area contributed by atoms with E-state index in [1.807, 2.05) is 0 Å². The smallest absolute Gasteiger partial charge is 0.418 e. The molecule has 2 nitrogen and oxygen atoms in total. The van der Waals surface area contributed by atoms with E-state index in [-0.39, 0.29) is 15.9 Å². The fourth-order valence-corrected chi connectivity index (χ4v) is 1.46. The van der Waals surface area contributed by atoms with Crippen LogP contribution in [0.25, 0.3) is 0 Å². The first-order chi connectivity index (χ1) is 6.38. The largest absolute Gasteiger partial charge is 0.480 e. The summed E-state index contributed by atoms with van der Waals surface area (Å²) in [7, 11) is 1.35. The Hall–Kier alpha value is -0.780. The number of hydrogen-bond acceptors (Lipinski definition) is 2. The van der Waals surface area contributed by atoms with Crippen LogP contribution in [0.15, 0.2) is 10.7 Å². The van der Waals surface area contributed by atoms with Crippen molar-refractivity contribution in [1.82, 2.24) is 4.98 Å². The van der Waals surface area contributed by atoms with Gasteiger partial charge in [0.25, 0.3) is 0 Å². The van der Waals surface area contributed by atoms with Crippen molar-refractivity contribution in [3.8, 4) is 5.88 Å². The molecule has 1 rings (SSSR count). The van der Waals surface area contributed by atoms with Crippen molar-refractivity contribution in [2.75, 3.05) is 7.11 Å². The van der Waals surface area contributed by atoms with E-state index in [1.54, 1.807) is 0 Å². The van der Waals surface area contributed by atoms with Crippen LogP contribution in [-0.2, 0) is 6.18 Å². The molecule has 0 aliphatic rings. The molecule has 14 heavy (non-hydrogen) atoms. The van der Waals surface area contributed by atoms with Gasteiger partial charge in [0.1, 0.15) is 0 Å². The van der Waals surface area contributed by atoms with Gasteiger partial charge in [-0.15, -0.1) is 0 Å². The van der Waals surface area contributed by atoms with Crippen molar-refractivity contribution in [3.05, 3.63) is 21.8 Å². The summed E-state index contributed by atoms with van der Waals surface area (Å²) < 4.78 is 42.1. The SMILES string of the molecule is COc1ncc(C(F)(F)F)c(C)c1Br. The number of alkyl halides is 3. The summed E-state index contributed by atoms with van der Waals surface area (Å²) in [5, 5.41) is 0. The highest BCUT2D eigenvalue weighted by Crippen LogP contribution is 2.36. The fraction of sp³-hybridized carbons (Fsp3) is 0.375. The number of methoxy groups -OCH3 is 1. The molecule has 0 radical (unpaired) electrons. The number of ether oxygens (including phenoxy) is 1. The lowest BCUT2D eigenvalue weighted by molar-refractivity contribution is -0.138. The maximum absolute atomic E-state index is 12.4. The molecule has 1 aromatic heterocycles. The van der Waals surface area contributed by atoms with Crippen molar-refractivity contribution in [2.45, 2.75) is 13.1 Å². The zero-order valence-electron chi connectivity index (χ0n) is 7.44. The van der Waals surface area contributed by atoms with Gasteiger partial charge >= 0.3 is 6.18 Å². The van der Waals surface area contributed by atoms with Crippen molar-refractivity contribution >= 4 is 15.9 Å². The van der Waals surface area contributed by atoms with E-state index in [2.05, 4.69) is 20.9 Å². The van der Waals surface area contributed by atoms with Crippen LogP contribution >= 0.6 is 15.9 Å². The van der Waals surface area contributed by atoms with Crippen molar-refractivity contribution in [1.29, 1.82) is 0 Å². The molecule has 0 saturated carbocycles. The number of aromatic nitrogens is 1. The number of hydrogen-bond donors (Lipinski definition) is 0. The Labute approximate surface area is 87.2 Å². The molecule has 0 bridgehead atoms. The number of rotatable bonds is 1. The Morgan fingerprint density at radius 1 is 1.43 bits per heavy atom. The van der Waals surface area contributed by atoms with Gasteiger partial charge in [-0.3, -0.25) is 0 Å². The minimum atomic E-state index is -4.38. The molecule has 1 aromatic rings. The van der Waals surface area contributed by atoms with Gasteiger partial charge in [-0.25, -0.2) is 4.98 Å². The average molecular weight is 270 g/mol. The van der Waals surface area contributed by atoms with Crippen LogP contribution in [0, 0.1) is 6.92 Å². The van der Waals surface area contributed by atoms with Gasteiger partial charge in [0.2, 0.25) is 5.88 Å². The quantitative estimate of drug-likeness (QED) is 0.781. The predicted molar refractivity (Wildman–Crippen MR) is 48.2 cm³/mol. The van der Waals surface area contributed by atoms with E-state index in [0.717, 1.165) is 6.20 Å². The van der Waals surface area contributed by atoms with Crippen LogP contribution in [0.5, 0.6) is 5.88 Å². The summed E-state index contributed by atoms with van der Waals surface area (Å²) >= 11 is 3.00. The highest BCUT2D eigenvalue weighted by molar-refractivity contribution is 9.10. The Kier molecular flexibility index (Phi) is 3.04. The molecule has 0 fully saturated rings. The number of halogens is 4. The first-order valence-electron chi connectivity index (χ1n) is 3.64. The van der Waals surface area contributed by atoms with Crippen LogP contribution in [0.3, 0.4) is 0 Å². The fourth-order valence-electron chi connectivity index (χ4n) is 0.983. The molecule has 0 aliphatic carbocycles. The molecular formula is C8H7BrF3NO. The van der Waals surface area contributed by atoms with Gasteiger partial charge in [-0.2, -0.15) is 13.2 Å². The van der Waals surface area contributed by atoms with E-state index < -0.39 is 11.7 Å². The summed E-state index contributed by atoms with van der Waals surface area (Å²) in [4.78, 5) is 3.53. The van der Waals surface area contributed by atoms with Crippen molar-refractivity contribution in [3.63, 3.8) is 0 Å². The van der Waals surface area contributed by atoms with E-state index in [0.29, 0.717) is 0 Å². The lowest BCUT2D eigenvalue weighted by Gasteiger charge is -2.12. The second-order valence-corrected chi connectivity index (χ2v) is 3.41. The molecule has 0 atom stereocenters. The Bertz CT molecular complexity index is 351. The molecule has 78 valence electrons. The van der Waals surface area contributed by atoms with Crippen molar-refractivity contribution in [2.24, 2.45) is 0 Å². The first kappa shape index (κ1) is 11.3. The summed E-state index contributed by atoms with van der Waals surface area (Å²) in [5.41, 5.74) is -0.686. The average Bonchev–Trinajstić information content (AvgIpc) is 2.07.